The van der Waals surface area contributed by atoms with E-state index in [0.29, 0.717) is 0 Å². The van der Waals surface area contributed by atoms with Crippen LogP contribution in [0.4, 0.5) is 17.1 Å². The summed E-state index contributed by atoms with van der Waals surface area (Å²) in [6.07, 6.45) is 0. The third kappa shape index (κ3) is 2.42. The van der Waals surface area contributed by atoms with Gasteiger partial charge in [-0.2, -0.15) is 0 Å². The van der Waals surface area contributed by atoms with Crippen LogP contribution in [0.5, 0.6) is 0 Å². The molecule has 0 aliphatic heterocycles. The van der Waals surface area contributed by atoms with Gasteiger partial charge >= 0.3 is 0 Å². The molecule has 1 heterocycles. The van der Waals surface area contributed by atoms with E-state index in [9.17, 15) is 0 Å². The van der Waals surface area contributed by atoms with Crippen molar-refractivity contribution in [2.75, 3.05) is 11.1 Å². The van der Waals surface area contributed by atoms with E-state index in [1.54, 1.807) is 0 Å². The number of hydrogen-bond donors (Lipinski definition) is 2. The van der Waals surface area contributed by atoms with Gasteiger partial charge in [-0.05, 0) is 50.1 Å². The van der Waals surface area contributed by atoms with Crippen LogP contribution in [-0.2, 0) is 0 Å². The minimum Gasteiger partial charge on any atom is -0.398 e. The molecule has 0 bridgehead atoms. The van der Waals surface area contributed by atoms with Crippen molar-refractivity contribution < 1.29 is 0 Å². The third-order valence-corrected chi connectivity index (χ3v) is 3.70. The molecule has 3 heteroatoms. The molecule has 106 valence electrons. The van der Waals surface area contributed by atoms with Gasteiger partial charge in [0.25, 0.3) is 0 Å². The summed E-state index contributed by atoms with van der Waals surface area (Å²) in [6, 6.07) is 14.3. The van der Waals surface area contributed by atoms with Crippen LogP contribution in [0.25, 0.3) is 10.9 Å². The number of aryl methyl sites for hydroxylation is 3. The molecule has 0 radical (unpaired) electrons. The second-order valence-corrected chi connectivity index (χ2v) is 5.45. The molecule has 0 amide bonds. The van der Waals surface area contributed by atoms with Crippen molar-refractivity contribution in [1.29, 1.82) is 0 Å². The summed E-state index contributed by atoms with van der Waals surface area (Å²) in [5.74, 6) is 0. The maximum absolute atomic E-state index is 6.31. The van der Waals surface area contributed by atoms with Gasteiger partial charge in [-0.25, -0.2) is 0 Å². The molecule has 1 aromatic heterocycles. The number of nitrogens with one attached hydrogen (secondary N) is 1. The molecule has 3 N–H and O–H groups in total. The minimum absolute atomic E-state index is 0.793. The summed E-state index contributed by atoms with van der Waals surface area (Å²) in [5.41, 5.74) is 13.3. The zero-order valence-corrected chi connectivity index (χ0v) is 12.6. The molecule has 2 aromatic carbocycles. The summed E-state index contributed by atoms with van der Waals surface area (Å²) in [6.45, 7) is 6.12. The fourth-order valence-electron chi connectivity index (χ4n) is 2.67. The highest BCUT2D eigenvalue weighted by atomic mass is 14.9. The normalized spacial score (nSPS) is 10.8. The van der Waals surface area contributed by atoms with Crippen molar-refractivity contribution in [3.8, 4) is 0 Å². The number of nitrogens with zero attached hydrogens (tertiary/aromatic N) is 1. The van der Waals surface area contributed by atoms with E-state index in [0.717, 1.165) is 44.8 Å². The summed E-state index contributed by atoms with van der Waals surface area (Å²) in [4.78, 5) is 4.66. The van der Waals surface area contributed by atoms with Gasteiger partial charge in [-0.3, -0.25) is 4.98 Å². The number of fused-ring (bicyclic) bond motifs is 1. The number of rotatable bonds is 2. The van der Waals surface area contributed by atoms with Gasteiger partial charge in [-0.15, -0.1) is 0 Å². The first-order chi connectivity index (χ1) is 10.1. The maximum atomic E-state index is 6.31. The van der Waals surface area contributed by atoms with Crippen molar-refractivity contribution in [3.63, 3.8) is 0 Å². The van der Waals surface area contributed by atoms with Crippen molar-refractivity contribution in [1.82, 2.24) is 4.98 Å². The largest absolute Gasteiger partial charge is 0.398 e. The lowest BCUT2D eigenvalue weighted by Crippen LogP contribution is -2.01. The lowest BCUT2D eigenvalue weighted by atomic mass is 10.0. The Bertz CT molecular complexity index is 808. The van der Waals surface area contributed by atoms with Crippen molar-refractivity contribution in [2.45, 2.75) is 20.8 Å². The average molecular weight is 277 g/mol. The maximum Gasteiger partial charge on any atom is 0.0776 e. The van der Waals surface area contributed by atoms with E-state index < -0.39 is 0 Å². The summed E-state index contributed by atoms with van der Waals surface area (Å²) >= 11 is 0. The Balaban J connectivity index is 2.26. The predicted octanol–water partition coefficient (Wildman–Crippen LogP) is 4.49. The van der Waals surface area contributed by atoms with Gasteiger partial charge in [0, 0.05) is 22.5 Å². The van der Waals surface area contributed by atoms with E-state index in [2.05, 4.69) is 23.3 Å². The van der Waals surface area contributed by atoms with Crippen LogP contribution in [0.2, 0.25) is 0 Å². The Morgan fingerprint density at radius 1 is 0.952 bits per heavy atom. The molecular formula is C18H19N3. The Morgan fingerprint density at radius 3 is 2.38 bits per heavy atom. The van der Waals surface area contributed by atoms with Crippen LogP contribution >= 0.6 is 0 Å². The summed E-state index contributed by atoms with van der Waals surface area (Å²) in [7, 11) is 0. The first kappa shape index (κ1) is 13.4. The first-order valence-corrected chi connectivity index (χ1v) is 7.05. The molecule has 3 nitrogen and oxygen atoms in total. The van der Waals surface area contributed by atoms with Crippen LogP contribution < -0.4 is 11.1 Å². The zero-order valence-electron chi connectivity index (χ0n) is 12.6. The van der Waals surface area contributed by atoms with Gasteiger partial charge in [0.2, 0.25) is 0 Å². The van der Waals surface area contributed by atoms with Gasteiger partial charge in [-0.1, -0.05) is 24.3 Å². The van der Waals surface area contributed by atoms with Crippen molar-refractivity contribution in [3.05, 3.63) is 59.3 Å². The summed E-state index contributed by atoms with van der Waals surface area (Å²) < 4.78 is 0. The smallest absolute Gasteiger partial charge is 0.0776 e. The molecule has 3 rings (SSSR count). The first-order valence-electron chi connectivity index (χ1n) is 7.05. The molecule has 0 aliphatic rings. The highest BCUT2D eigenvalue weighted by Crippen LogP contribution is 2.34. The molecule has 0 atom stereocenters. The average Bonchev–Trinajstić information content (AvgIpc) is 2.45. The van der Waals surface area contributed by atoms with Gasteiger partial charge in [0.15, 0.2) is 0 Å². The third-order valence-electron chi connectivity index (χ3n) is 3.70. The second-order valence-electron chi connectivity index (χ2n) is 5.45. The number of nitrogen functional groups attached to an aromatic ring is 1. The lowest BCUT2D eigenvalue weighted by Gasteiger charge is -2.15. The number of hydrogen-bond acceptors (Lipinski definition) is 3. The topological polar surface area (TPSA) is 50.9 Å². The van der Waals surface area contributed by atoms with E-state index in [4.69, 9.17) is 5.73 Å². The number of benzene rings is 2. The second kappa shape index (κ2) is 5.09. The number of para-hydroxylation sites is 1. The van der Waals surface area contributed by atoms with Gasteiger partial charge in [0.1, 0.15) is 0 Å². The van der Waals surface area contributed by atoms with Crippen LogP contribution in [0.1, 0.15) is 16.8 Å². The highest BCUT2D eigenvalue weighted by Gasteiger charge is 2.12. The van der Waals surface area contributed by atoms with Crippen LogP contribution in [0.15, 0.2) is 42.5 Å². The molecule has 0 saturated carbocycles. The highest BCUT2D eigenvalue weighted by molar-refractivity contribution is 6.04. The SMILES string of the molecule is Cc1cc(Nc2ccccc2)c2c(N)c(C)cc(C)c2n1. The predicted molar refractivity (Wildman–Crippen MR) is 90.1 cm³/mol. The van der Waals surface area contributed by atoms with E-state index >= 15 is 0 Å². The molecule has 0 aliphatic carbocycles. The van der Waals surface area contributed by atoms with Crippen LogP contribution in [0.3, 0.4) is 0 Å². The molecule has 0 unspecified atom stereocenters. The number of anilines is 3. The lowest BCUT2D eigenvalue weighted by molar-refractivity contribution is 1.23. The minimum atomic E-state index is 0.793. The van der Waals surface area contributed by atoms with Crippen LogP contribution in [0, 0.1) is 20.8 Å². The molecule has 0 fully saturated rings. The summed E-state index contributed by atoms with van der Waals surface area (Å²) in [5, 5.41) is 4.46. The number of aromatic nitrogens is 1. The number of pyridine rings is 1. The fraction of sp³-hybridized carbons (Fsp3) is 0.167. The monoisotopic (exact) mass is 277 g/mol. The van der Waals surface area contributed by atoms with E-state index in [1.165, 1.54) is 0 Å². The Morgan fingerprint density at radius 2 is 1.67 bits per heavy atom. The molecule has 0 saturated heterocycles. The number of nitrogens with two attached hydrogens (primary N) is 1. The zero-order chi connectivity index (χ0) is 15.0. The Hall–Kier alpha value is -2.55. The van der Waals surface area contributed by atoms with Crippen LogP contribution in [-0.4, -0.2) is 4.98 Å². The van der Waals surface area contributed by atoms with Gasteiger partial charge < -0.3 is 11.1 Å². The van der Waals surface area contributed by atoms with Crippen molar-refractivity contribution >= 4 is 28.0 Å². The molecule has 21 heavy (non-hydrogen) atoms. The quantitative estimate of drug-likeness (QED) is 0.679. The molecular weight excluding hydrogens is 258 g/mol. The standard InChI is InChI=1S/C18H19N3/c1-11-9-12(2)18-16(17(11)19)15(10-13(3)20-18)21-14-7-5-4-6-8-14/h4-10H,19H2,1-3H3,(H,20,21). The van der Waals surface area contributed by atoms with E-state index in [-0.39, 0.29) is 0 Å². The Kier molecular flexibility index (Phi) is 3.26. The molecule has 0 spiro atoms. The van der Waals surface area contributed by atoms with Crippen molar-refractivity contribution in [2.24, 2.45) is 0 Å². The van der Waals surface area contributed by atoms with Gasteiger partial charge in [0.05, 0.1) is 11.2 Å². The molecule has 3 aromatic rings. The Labute approximate surface area is 124 Å². The fourth-order valence-corrected chi connectivity index (χ4v) is 2.67. The van der Waals surface area contributed by atoms with E-state index in [1.807, 2.05) is 50.2 Å².